The fourth-order valence-electron chi connectivity index (χ4n) is 3.61. The number of alkyl halides is 3. The molecule has 8 heteroatoms. The molecular formula is C18H21F3N4O. The van der Waals surface area contributed by atoms with Crippen molar-refractivity contribution in [3.8, 4) is 0 Å². The molecule has 0 saturated carbocycles. The second kappa shape index (κ2) is 6.85. The number of piperidine rings is 1. The van der Waals surface area contributed by atoms with Crippen molar-refractivity contribution in [2.75, 3.05) is 32.1 Å². The first-order valence-corrected chi connectivity index (χ1v) is 8.31. The number of hydrogen-bond acceptors (Lipinski definition) is 5. The van der Waals surface area contributed by atoms with Crippen molar-refractivity contribution >= 4 is 5.95 Å². The molecule has 5 nitrogen and oxygen atoms in total. The van der Waals surface area contributed by atoms with E-state index in [1.165, 1.54) is 0 Å². The smallest absolute Gasteiger partial charge is 0.389 e. The van der Waals surface area contributed by atoms with Crippen LogP contribution in [0.4, 0.5) is 19.1 Å². The standard InChI is InChI=1S/C18H21F3N4O/c1-24(2)17(13-6-4-3-5-7-13)9-11-25(12-15(17)26)16-22-10-8-14(23-16)18(19,20)21/h3-8,10,15,26H,9,11-12H2,1-2H3/t15-,17+/m1/s1. The highest BCUT2D eigenvalue weighted by molar-refractivity contribution is 5.36. The highest BCUT2D eigenvalue weighted by Crippen LogP contribution is 2.38. The van der Waals surface area contributed by atoms with Crippen LogP contribution in [0.5, 0.6) is 0 Å². The molecule has 2 heterocycles. The van der Waals surface area contributed by atoms with Gasteiger partial charge < -0.3 is 10.0 Å². The molecule has 0 bridgehead atoms. The van der Waals surface area contributed by atoms with E-state index in [4.69, 9.17) is 0 Å². The summed E-state index contributed by atoms with van der Waals surface area (Å²) in [7, 11) is 3.79. The molecule has 1 aliphatic rings. The molecule has 1 aliphatic heterocycles. The fourth-order valence-corrected chi connectivity index (χ4v) is 3.61. The maximum Gasteiger partial charge on any atom is 0.433 e. The number of halogens is 3. The zero-order chi connectivity index (χ0) is 18.9. The number of hydrogen-bond donors (Lipinski definition) is 1. The number of anilines is 1. The van der Waals surface area contributed by atoms with Crippen LogP contribution in [-0.4, -0.2) is 53.3 Å². The molecule has 0 radical (unpaired) electrons. The second-order valence-electron chi connectivity index (χ2n) is 6.64. The van der Waals surface area contributed by atoms with Crippen molar-refractivity contribution in [1.82, 2.24) is 14.9 Å². The predicted molar refractivity (Wildman–Crippen MR) is 91.7 cm³/mol. The van der Waals surface area contributed by atoms with Gasteiger partial charge >= 0.3 is 6.18 Å². The third-order valence-electron chi connectivity index (χ3n) is 5.00. The largest absolute Gasteiger partial charge is 0.433 e. The third-order valence-corrected chi connectivity index (χ3v) is 5.00. The van der Waals surface area contributed by atoms with Crippen molar-refractivity contribution in [1.29, 1.82) is 0 Å². The first-order chi connectivity index (χ1) is 12.2. The molecule has 140 valence electrons. The molecule has 3 rings (SSSR count). The number of aliphatic hydroxyl groups is 1. The third kappa shape index (κ3) is 3.26. The minimum Gasteiger partial charge on any atom is -0.389 e. The van der Waals surface area contributed by atoms with E-state index in [2.05, 4.69) is 9.97 Å². The lowest BCUT2D eigenvalue weighted by atomic mass is 9.77. The molecular weight excluding hydrogens is 345 g/mol. The van der Waals surface area contributed by atoms with Gasteiger partial charge in [-0.2, -0.15) is 13.2 Å². The molecule has 0 spiro atoms. The highest BCUT2D eigenvalue weighted by Gasteiger charge is 2.46. The maximum atomic E-state index is 12.9. The quantitative estimate of drug-likeness (QED) is 0.905. The average molecular weight is 366 g/mol. The van der Waals surface area contributed by atoms with Crippen molar-refractivity contribution in [2.24, 2.45) is 0 Å². The topological polar surface area (TPSA) is 52.5 Å². The molecule has 1 aromatic heterocycles. The summed E-state index contributed by atoms with van der Waals surface area (Å²) in [5.41, 5.74) is -0.619. The molecule has 1 N–H and O–H groups in total. The van der Waals surface area contributed by atoms with E-state index in [9.17, 15) is 18.3 Å². The Morgan fingerprint density at radius 1 is 1.19 bits per heavy atom. The van der Waals surface area contributed by atoms with Crippen LogP contribution < -0.4 is 4.90 Å². The van der Waals surface area contributed by atoms with E-state index >= 15 is 0 Å². The van der Waals surface area contributed by atoms with Crippen LogP contribution >= 0.6 is 0 Å². The summed E-state index contributed by atoms with van der Waals surface area (Å²) in [4.78, 5) is 11.2. The van der Waals surface area contributed by atoms with Gasteiger partial charge in [0.25, 0.3) is 0 Å². The van der Waals surface area contributed by atoms with Crippen molar-refractivity contribution in [2.45, 2.75) is 24.2 Å². The first-order valence-electron chi connectivity index (χ1n) is 8.31. The number of aromatic nitrogens is 2. The van der Waals surface area contributed by atoms with E-state index in [0.717, 1.165) is 17.8 Å². The summed E-state index contributed by atoms with van der Waals surface area (Å²) in [6.45, 7) is 0.583. The van der Waals surface area contributed by atoms with Gasteiger partial charge in [-0.15, -0.1) is 0 Å². The Morgan fingerprint density at radius 3 is 2.46 bits per heavy atom. The zero-order valence-corrected chi connectivity index (χ0v) is 14.6. The lowest BCUT2D eigenvalue weighted by Gasteiger charge is -2.49. The fraction of sp³-hybridized carbons (Fsp3) is 0.444. The summed E-state index contributed by atoms with van der Waals surface area (Å²) in [5.74, 6) is -0.0145. The molecule has 0 amide bonds. The molecule has 2 aromatic rings. The molecule has 1 aromatic carbocycles. The minimum absolute atomic E-state index is 0.0145. The van der Waals surface area contributed by atoms with E-state index in [-0.39, 0.29) is 12.5 Å². The van der Waals surface area contributed by atoms with Gasteiger partial charge in [-0.1, -0.05) is 30.3 Å². The van der Waals surface area contributed by atoms with Gasteiger partial charge in [-0.3, -0.25) is 4.90 Å². The van der Waals surface area contributed by atoms with E-state index in [1.54, 1.807) is 4.90 Å². The monoisotopic (exact) mass is 366 g/mol. The normalized spacial score (nSPS) is 24.1. The Hall–Kier alpha value is -2.19. The number of rotatable bonds is 3. The SMILES string of the molecule is CN(C)[C@]1(c2ccccc2)CCN(c2nccc(C(F)(F)F)n2)C[C@H]1O. The Balaban J connectivity index is 1.88. The number of likely N-dealkylation sites (N-methyl/N-ethyl adjacent to an activating group) is 1. The van der Waals surface area contributed by atoms with Crippen LogP contribution in [0.2, 0.25) is 0 Å². The molecule has 2 atom stereocenters. The van der Waals surface area contributed by atoms with E-state index < -0.39 is 23.5 Å². The second-order valence-corrected chi connectivity index (χ2v) is 6.64. The molecule has 0 unspecified atom stereocenters. The van der Waals surface area contributed by atoms with E-state index in [1.807, 2.05) is 49.3 Å². The summed E-state index contributed by atoms with van der Waals surface area (Å²) in [5, 5.41) is 10.9. The van der Waals surface area contributed by atoms with Crippen molar-refractivity contribution in [3.05, 3.63) is 53.9 Å². The number of β-amino-alcohol motifs (C(OH)–C–C–N with tert-alkyl or cyclic N) is 1. The minimum atomic E-state index is -4.52. The van der Waals surface area contributed by atoms with Gasteiger partial charge in [0.2, 0.25) is 5.95 Å². The van der Waals surface area contributed by atoms with Gasteiger partial charge in [0.1, 0.15) is 5.69 Å². The van der Waals surface area contributed by atoms with Crippen molar-refractivity contribution < 1.29 is 18.3 Å². The Morgan fingerprint density at radius 2 is 1.88 bits per heavy atom. The Bertz CT molecular complexity index is 754. The molecule has 26 heavy (non-hydrogen) atoms. The molecule has 0 aliphatic carbocycles. The van der Waals surface area contributed by atoms with E-state index in [0.29, 0.717) is 13.0 Å². The summed E-state index contributed by atoms with van der Waals surface area (Å²) in [6, 6.07) is 10.5. The number of nitrogens with zero attached hydrogens (tertiary/aromatic N) is 4. The van der Waals surface area contributed by atoms with Crippen molar-refractivity contribution in [3.63, 3.8) is 0 Å². The van der Waals surface area contributed by atoms with Gasteiger partial charge in [-0.25, -0.2) is 9.97 Å². The van der Waals surface area contributed by atoms with Crippen LogP contribution in [0.15, 0.2) is 42.6 Å². The van der Waals surface area contributed by atoms with Gasteiger partial charge in [0.05, 0.1) is 11.6 Å². The Kier molecular flexibility index (Phi) is 4.90. The average Bonchev–Trinajstić information content (AvgIpc) is 2.61. The van der Waals surface area contributed by atoms with Crippen LogP contribution in [-0.2, 0) is 11.7 Å². The number of benzene rings is 1. The van der Waals surface area contributed by atoms with Gasteiger partial charge in [0.15, 0.2) is 0 Å². The van der Waals surface area contributed by atoms with Crippen LogP contribution in [0.1, 0.15) is 17.7 Å². The predicted octanol–water partition coefficient (Wildman–Crippen LogP) is 2.52. The lowest BCUT2D eigenvalue weighted by Crippen LogP contribution is -2.60. The maximum absolute atomic E-state index is 12.9. The van der Waals surface area contributed by atoms with Gasteiger partial charge in [0, 0.05) is 19.3 Å². The van der Waals surface area contributed by atoms with Crippen LogP contribution in [0, 0.1) is 0 Å². The lowest BCUT2D eigenvalue weighted by molar-refractivity contribution is -0.141. The zero-order valence-electron chi connectivity index (χ0n) is 14.6. The molecule has 1 fully saturated rings. The number of aliphatic hydroxyl groups excluding tert-OH is 1. The summed E-state index contributed by atoms with van der Waals surface area (Å²) >= 11 is 0. The first kappa shape index (κ1) is 18.6. The summed E-state index contributed by atoms with van der Waals surface area (Å²) in [6.07, 6.45) is -3.71. The summed E-state index contributed by atoms with van der Waals surface area (Å²) < 4.78 is 38.7. The van der Waals surface area contributed by atoms with Crippen LogP contribution in [0.3, 0.4) is 0 Å². The van der Waals surface area contributed by atoms with Crippen LogP contribution in [0.25, 0.3) is 0 Å². The Labute approximate surface area is 150 Å². The molecule has 1 saturated heterocycles. The highest BCUT2D eigenvalue weighted by atomic mass is 19.4. The van der Waals surface area contributed by atoms with Gasteiger partial charge in [-0.05, 0) is 32.1 Å².